The second-order valence-electron chi connectivity index (χ2n) is 6.27. The molecule has 0 saturated carbocycles. The zero-order valence-electron chi connectivity index (χ0n) is 13.5. The van der Waals surface area contributed by atoms with Crippen LogP contribution in [0, 0.1) is 5.41 Å². The van der Waals surface area contributed by atoms with E-state index in [-0.39, 0.29) is 23.6 Å². The molecule has 0 unspecified atom stereocenters. The van der Waals surface area contributed by atoms with Gasteiger partial charge in [0, 0.05) is 37.3 Å². The molecular formula is C16H18ClN3O4. The number of pyridine rings is 1. The van der Waals surface area contributed by atoms with Crippen molar-refractivity contribution in [1.82, 2.24) is 15.0 Å². The molecule has 1 fully saturated rings. The van der Waals surface area contributed by atoms with Crippen molar-refractivity contribution in [2.45, 2.75) is 13.5 Å². The molecule has 128 valence electrons. The predicted octanol–water partition coefficient (Wildman–Crippen LogP) is 2.41. The summed E-state index contributed by atoms with van der Waals surface area (Å²) in [6, 6.07) is 3.22. The van der Waals surface area contributed by atoms with Crippen molar-refractivity contribution in [3.8, 4) is 5.75 Å². The number of aromatic nitrogens is 2. The maximum atomic E-state index is 12.4. The SMILES string of the molecule is CN(CC1(C)COC1)C(=O)c1cc(COc2cncc(Cl)c2)on1. The summed E-state index contributed by atoms with van der Waals surface area (Å²) in [5.41, 5.74) is 0.267. The molecule has 7 nitrogen and oxygen atoms in total. The van der Waals surface area contributed by atoms with Gasteiger partial charge in [0.1, 0.15) is 12.4 Å². The number of ether oxygens (including phenoxy) is 2. The number of nitrogens with zero attached hydrogens (tertiary/aromatic N) is 3. The Morgan fingerprint density at radius 3 is 2.88 bits per heavy atom. The maximum absolute atomic E-state index is 12.4. The summed E-state index contributed by atoms with van der Waals surface area (Å²) in [7, 11) is 1.74. The summed E-state index contributed by atoms with van der Waals surface area (Å²) in [5.74, 6) is 0.772. The van der Waals surface area contributed by atoms with E-state index in [1.165, 1.54) is 6.20 Å². The first kappa shape index (κ1) is 16.7. The van der Waals surface area contributed by atoms with Crippen LogP contribution < -0.4 is 4.74 Å². The van der Waals surface area contributed by atoms with E-state index in [2.05, 4.69) is 17.1 Å². The third-order valence-electron chi connectivity index (χ3n) is 3.71. The van der Waals surface area contributed by atoms with Crippen LogP contribution in [0.4, 0.5) is 0 Å². The molecule has 1 saturated heterocycles. The van der Waals surface area contributed by atoms with E-state index < -0.39 is 0 Å². The van der Waals surface area contributed by atoms with E-state index in [0.29, 0.717) is 36.3 Å². The fourth-order valence-corrected chi connectivity index (χ4v) is 2.65. The summed E-state index contributed by atoms with van der Waals surface area (Å²) >= 11 is 5.84. The fourth-order valence-electron chi connectivity index (χ4n) is 2.49. The van der Waals surface area contributed by atoms with Crippen LogP contribution in [-0.2, 0) is 11.3 Å². The summed E-state index contributed by atoms with van der Waals surface area (Å²) < 4.78 is 15.9. The van der Waals surface area contributed by atoms with Gasteiger partial charge in [0.25, 0.3) is 5.91 Å². The van der Waals surface area contributed by atoms with Crippen molar-refractivity contribution >= 4 is 17.5 Å². The molecule has 3 heterocycles. The van der Waals surface area contributed by atoms with Crippen LogP contribution in [0.15, 0.2) is 29.0 Å². The summed E-state index contributed by atoms with van der Waals surface area (Å²) in [5, 5.41) is 4.30. The summed E-state index contributed by atoms with van der Waals surface area (Å²) in [6.45, 7) is 4.16. The van der Waals surface area contributed by atoms with Crippen molar-refractivity contribution in [2.24, 2.45) is 5.41 Å². The second-order valence-corrected chi connectivity index (χ2v) is 6.71. The lowest BCUT2D eigenvalue weighted by molar-refractivity contribution is -0.109. The molecule has 0 N–H and O–H groups in total. The quantitative estimate of drug-likeness (QED) is 0.795. The highest BCUT2D eigenvalue weighted by molar-refractivity contribution is 6.30. The van der Waals surface area contributed by atoms with Gasteiger partial charge in [0.05, 0.1) is 24.4 Å². The fraction of sp³-hybridized carbons (Fsp3) is 0.438. The predicted molar refractivity (Wildman–Crippen MR) is 86.0 cm³/mol. The Labute approximate surface area is 144 Å². The van der Waals surface area contributed by atoms with Crippen LogP contribution in [0.25, 0.3) is 0 Å². The lowest BCUT2D eigenvalue weighted by Crippen LogP contribution is -2.49. The summed E-state index contributed by atoms with van der Waals surface area (Å²) in [6.07, 6.45) is 3.06. The zero-order valence-corrected chi connectivity index (χ0v) is 14.2. The van der Waals surface area contributed by atoms with Gasteiger partial charge >= 0.3 is 0 Å². The number of carbonyl (C=O) groups is 1. The Bertz CT molecular complexity index is 730. The molecule has 24 heavy (non-hydrogen) atoms. The minimum absolute atomic E-state index is 0.0136. The Morgan fingerprint density at radius 2 is 2.21 bits per heavy atom. The van der Waals surface area contributed by atoms with Gasteiger partial charge in [-0.2, -0.15) is 0 Å². The summed E-state index contributed by atoms with van der Waals surface area (Å²) in [4.78, 5) is 17.9. The van der Waals surface area contributed by atoms with Crippen molar-refractivity contribution in [2.75, 3.05) is 26.8 Å². The minimum Gasteiger partial charge on any atom is -0.484 e. The van der Waals surface area contributed by atoms with Crippen LogP contribution in [0.1, 0.15) is 23.2 Å². The van der Waals surface area contributed by atoms with Crippen LogP contribution in [0.2, 0.25) is 5.02 Å². The highest BCUT2D eigenvalue weighted by atomic mass is 35.5. The van der Waals surface area contributed by atoms with E-state index in [4.69, 9.17) is 25.6 Å². The van der Waals surface area contributed by atoms with Crippen LogP contribution in [0.5, 0.6) is 5.75 Å². The third-order valence-corrected chi connectivity index (χ3v) is 3.91. The molecule has 0 bridgehead atoms. The van der Waals surface area contributed by atoms with Crippen LogP contribution >= 0.6 is 11.6 Å². The third kappa shape index (κ3) is 3.85. The molecule has 2 aromatic heterocycles. The van der Waals surface area contributed by atoms with Crippen molar-refractivity contribution in [3.63, 3.8) is 0 Å². The Kier molecular flexibility index (Phi) is 4.73. The Balaban J connectivity index is 1.57. The lowest BCUT2D eigenvalue weighted by Gasteiger charge is -2.40. The molecule has 0 aromatic carbocycles. The Hall–Kier alpha value is -2.12. The van der Waals surface area contributed by atoms with Gasteiger partial charge < -0.3 is 18.9 Å². The van der Waals surface area contributed by atoms with Gasteiger partial charge in [-0.05, 0) is 0 Å². The number of hydrogen-bond acceptors (Lipinski definition) is 6. The first-order chi connectivity index (χ1) is 11.5. The highest BCUT2D eigenvalue weighted by Gasteiger charge is 2.36. The van der Waals surface area contributed by atoms with E-state index >= 15 is 0 Å². The molecule has 0 atom stereocenters. The molecule has 1 aliphatic rings. The van der Waals surface area contributed by atoms with Gasteiger partial charge in [0.2, 0.25) is 0 Å². The average molecular weight is 352 g/mol. The van der Waals surface area contributed by atoms with E-state index in [1.807, 2.05) is 0 Å². The van der Waals surface area contributed by atoms with Crippen molar-refractivity contribution < 1.29 is 18.8 Å². The smallest absolute Gasteiger partial charge is 0.275 e. The van der Waals surface area contributed by atoms with Gasteiger partial charge in [0.15, 0.2) is 11.5 Å². The molecule has 8 heteroatoms. The molecule has 2 aromatic rings. The number of halogens is 1. The molecule has 1 amide bonds. The first-order valence-corrected chi connectivity index (χ1v) is 7.85. The minimum atomic E-state index is -0.192. The standard InChI is InChI=1S/C16H18ClN3O4/c1-16(9-22-10-16)8-20(2)15(21)14-4-13(24-19-14)7-23-12-3-11(17)5-18-6-12/h3-6H,7-10H2,1-2H3. The van der Waals surface area contributed by atoms with Crippen molar-refractivity contribution in [3.05, 3.63) is 41.0 Å². The number of carbonyl (C=O) groups excluding carboxylic acids is 1. The first-order valence-electron chi connectivity index (χ1n) is 7.47. The highest BCUT2D eigenvalue weighted by Crippen LogP contribution is 2.27. The molecule has 0 aliphatic carbocycles. The molecule has 1 aliphatic heterocycles. The van der Waals surface area contributed by atoms with E-state index in [1.54, 1.807) is 30.3 Å². The number of amides is 1. The molecule has 0 radical (unpaired) electrons. The maximum Gasteiger partial charge on any atom is 0.275 e. The van der Waals surface area contributed by atoms with Crippen LogP contribution in [-0.4, -0.2) is 47.8 Å². The van der Waals surface area contributed by atoms with Gasteiger partial charge in [-0.25, -0.2) is 0 Å². The van der Waals surface area contributed by atoms with E-state index in [0.717, 1.165) is 0 Å². The number of rotatable bonds is 6. The van der Waals surface area contributed by atoms with Gasteiger partial charge in [-0.15, -0.1) is 0 Å². The normalized spacial score (nSPS) is 15.6. The number of hydrogen-bond donors (Lipinski definition) is 0. The molecular weight excluding hydrogens is 334 g/mol. The Morgan fingerprint density at radius 1 is 1.42 bits per heavy atom. The molecule has 3 rings (SSSR count). The van der Waals surface area contributed by atoms with Gasteiger partial charge in [-0.1, -0.05) is 23.7 Å². The largest absolute Gasteiger partial charge is 0.484 e. The average Bonchev–Trinajstić information content (AvgIpc) is 2.99. The van der Waals surface area contributed by atoms with Crippen LogP contribution in [0.3, 0.4) is 0 Å². The second kappa shape index (κ2) is 6.78. The topological polar surface area (TPSA) is 77.7 Å². The lowest BCUT2D eigenvalue weighted by atomic mass is 9.88. The van der Waals surface area contributed by atoms with Crippen molar-refractivity contribution in [1.29, 1.82) is 0 Å². The monoisotopic (exact) mass is 351 g/mol. The van der Waals surface area contributed by atoms with E-state index in [9.17, 15) is 4.79 Å². The molecule has 0 spiro atoms. The van der Waals surface area contributed by atoms with Gasteiger partial charge in [-0.3, -0.25) is 9.78 Å². The zero-order chi connectivity index (χ0) is 17.2.